The van der Waals surface area contributed by atoms with Crippen LogP contribution in [0, 0.1) is 12.8 Å². The van der Waals surface area contributed by atoms with Crippen LogP contribution in [-0.2, 0) is 11.2 Å². The third kappa shape index (κ3) is 3.26. The van der Waals surface area contributed by atoms with Crippen molar-refractivity contribution >= 4 is 5.78 Å². The maximum absolute atomic E-state index is 12.5. The Morgan fingerprint density at radius 3 is 2.75 bits per heavy atom. The number of carbonyl (C=O) groups excluding carboxylic acids is 1. The molecule has 4 heteroatoms. The molecule has 1 aromatic heterocycles. The Morgan fingerprint density at radius 2 is 1.93 bits per heavy atom. The number of carbonyl (C=O) groups is 1. The standard InChI is InChI=1S/C24H21NO3/c1-15-3-2-4-16(11-15)12-17(26)13-21-23-20-14-19(5-6-22(20)28-24(21)23)27-18-7-9-25-10-8-18/h2-11,14,21,23-24H,12-13H2,1H3/t21-,23-,24+/m0/s1. The van der Waals surface area contributed by atoms with Crippen LogP contribution in [0.3, 0.4) is 0 Å². The number of ketones is 1. The van der Waals surface area contributed by atoms with E-state index in [1.165, 1.54) is 5.56 Å². The normalized spacial score (nSPS) is 21.4. The van der Waals surface area contributed by atoms with Gasteiger partial charge in [-0.3, -0.25) is 9.78 Å². The summed E-state index contributed by atoms with van der Waals surface area (Å²) in [5.41, 5.74) is 3.43. The summed E-state index contributed by atoms with van der Waals surface area (Å²) in [5, 5.41) is 0. The maximum atomic E-state index is 12.5. The van der Waals surface area contributed by atoms with Gasteiger partial charge >= 0.3 is 0 Å². The molecule has 2 aromatic carbocycles. The fourth-order valence-electron chi connectivity index (χ4n) is 4.19. The Kier molecular flexibility index (Phi) is 4.12. The molecule has 5 rings (SSSR count). The Hall–Kier alpha value is -3.14. The van der Waals surface area contributed by atoms with Gasteiger partial charge in [0.25, 0.3) is 0 Å². The van der Waals surface area contributed by atoms with Gasteiger partial charge in [-0.25, -0.2) is 0 Å². The van der Waals surface area contributed by atoms with E-state index in [-0.39, 0.29) is 17.8 Å². The van der Waals surface area contributed by atoms with Crippen molar-refractivity contribution in [1.29, 1.82) is 0 Å². The van der Waals surface area contributed by atoms with E-state index in [9.17, 15) is 4.79 Å². The van der Waals surface area contributed by atoms with E-state index in [4.69, 9.17) is 9.47 Å². The second-order valence-electron chi connectivity index (χ2n) is 7.67. The predicted molar refractivity (Wildman–Crippen MR) is 106 cm³/mol. The lowest BCUT2D eigenvalue weighted by molar-refractivity contribution is -0.118. The minimum atomic E-state index is 0.132. The van der Waals surface area contributed by atoms with Crippen molar-refractivity contribution in [2.24, 2.45) is 5.92 Å². The first-order chi connectivity index (χ1) is 13.7. The molecule has 0 N–H and O–H groups in total. The monoisotopic (exact) mass is 371 g/mol. The van der Waals surface area contributed by atoms with E-state index in [0.29, 0.717) is 18.8 Å². The van der Waals surface area contributed by atoms with Crippen molar-refractivity contribution in [3.05, 3.63) is 83.7 Å². The van der Waals surface area contributed by atoms with E-state index in [1.807, 2.05) is 42.5 Å². The van der Waals surface area contributed by atoms with Crippen LogP contribution in [0.1, 0.15) is 29.0 Å². The average molecular weight is 371 g/mol. The Morgan fingerprint density at radius 1 is 1.07 bits per heavy atom. The highest BCUT2D eigenvalue weighted by molar-refractivity contribution is 5.82. The Labute approximate surface area is 164 Å². The molecule has 2 aliphatic rings. The van der Waals surface area contributed by atoms with Gasteiger partial charge in [0.05, 0.1) is 0 Å². The lowest BCUT2D eigenvalue weighted by atomic mass is 10.0. The molecule has 0 amide bonds. The highest BCUT2D eigenvalue weighted by Crippen LogP contribution is 2.60. The van der Waals surface area contributed by atoms with Crippen molar-refractivity contribution < 1.29 is 14.3 Å². The largest absolute Gasteiger partial charge is 0.489 e. The lowest BCUT2D eigenvalue weighted by Gasteiger charge is -2.11. The zero-order valence-electron chi connectivity index (χ0n) is 15.7. The van der Waals surface area contributed by atoms with Gasteiger partial charge < -0.3 is 9.47 Å². The SMILES string of the molecule is Cc1cccc(CC(=O)C[C@@H]2[C@H]3Oc4ccc(Oc5ccncc5)cc4[C@@H]23)c1. The van der Waals surface area contributed by atoms with Crippen LogP contribution in [-0.4, -0.2) is 16.9 Å². The number of rotatable bonds is 6. The minimum absolute atomic E-state index is 0.132. The van der Waals surface area contributed by atoms with Crippen LogP contribution in [0.15, 0.2) is 67.0 Å². The molecule has 3 atom stereocenters. The van der Waals surface area contributed by atoms with Gasteiger partial charge in [0.15, 0.2) is 0 Å². The zero-order chi connectivity index (χ0) is 19.1. The molecule has 1 aliphatic heterocycles. The third-order valence-electron chi connectivity index (χ3n) is 5.53. The van der Waals surface area contributed by atoms with Gasteiger partial charge in [-0.15, -0.1) is 0 Å². The van der Waals surface area contributed by atoms with Gasteiger partial charge in [0.1, 0.15) is 29.1 Å². The first kappa shape index (κ1) is 17.0. The van der Waals surface area contributed by atoms with Crippen LogP contribution < -0.4 is 9.47 Å². The molecule has 1 fully saturated rings. The quantitative estimate of drug-likeness (QED) is 0.621. The number of aryl methyl sites for hydroxylation is 1. The molecule has 1 aliphatic carbocycles. The van der Waals surface area contributed by atoms with Crippen molar-refractivity contribution in [2.75, 3.05) is 0 Å². The van der Waals surface area contributed by atoms with Gasteiger partial charge in [-0.05, 0) is 42.8 Å². The second-order valence-corrected chi connectivity index (χ2v) is 7.67. The number of hydrogen-bond acceptors (Lipinski definition) is 4. The van der Waals surface area contributed by atoms with Gasteiger partial charge in [0.2, 0.25) is 0 Å². The first-order valence-corrected chi connectivity index (χ1v) is 9.63. The molecular weight excluding hydrogens is 350 g/mol. The summed E-state index contributed by atoms with van der Waals surface area (Å²) in [6.07, 6.45) is 4.61. The number of pyridine rings is 1. The van der Waals surface area contributed by atoms with Crippen molar-refractivity contribution in [3.63, 3.8) is 0 Å². The van der Waals surface area contributed by atoms with E-state index in [2.05, 4.69) is 24.0 Å². The van der Waals surface area contributed by atoms with Crippen LogP contribution in [0.25, 0.3) is 0 Å². The second kappa shape index (κ2) is 6.79. The minimum Gasteiger partial charge on any atom is -0.489 e. The fraction of sp³-hybridized carbons (Fsp3) is 0.250. The Bertz CT molecular complexity index is 1030. The molecule has 4 nitrogen and oxygen atoms in total. The number of Topliss-reactive ketones (excluding diaryl/α,β-unsaturated/α-hetero) is 1. The topological polar surface area (TPSA) is 48.4 Å². The van der Waals surface area contributed by atoms with Crippen LogP contribution >= 0.6 is 0 Å². The highest BCUT2D eigenvalue weighted by Gasteiger charge is 2.58. The summed E-state index contributed by atoms with van der Waals surface area (Å²) in [6, 6.07) is 17.8. The number of aromatic nitrogens is 1. The smallest absolute Gasteiger partial charge is 0.137 e. The number of nitrogens with zero attached hydrogens (tertiary/aromatic N) is 1. The van der Waals surface area contributed by atoms with E-state index < -0.39 is 0 Å². The molecule has 1 saturated carbocycles. The molecular formula is C24H21NO3. The zero-order valence-corrected chi connectivity index (χ0v) is 15.7. The fourth-order valence-corrected chi connectivity index (χ4v) is 4.19. The van der Waals surface area contributed by atoms with Crippen LogP contribution in [0.2, 0.25) is 0 Å². The summed E-state index contributed by atoms with van der Waals surface area (Å²) in [6.45, 7) is 2.05. The molecule has 0 bridgehead atoms. The molecule has 140 valence electrons. The lowest BCUT2D eigenvalue weighted by Crippen LogP contribution is -2.08. The number of benzene rings is 2. The maximum Gasteiger partial charge on any atom is 0.137 e. The number of hydrogen-bond donors (Lipinski definition) is 0. The van der Waals surface area contributed by atoms with E-state index >= 15 is 0 Å². The van der Waals surface area contributed by atoms with Gasteiger partial charge in [-0.1, -0.05) is 29.8 Å². The molecule has 0 spiro atoms. The summed E-state index contributed by atoms with van der Waals surface area (Å²) in [4.78, 5) is 16.5. The molecule has 3 aromatic rings. The predicted octanol–water partition coefficient (Wildman–Crippen LogP) is 4.86. The van der Waals surface area contributed by atoms with Crippen molar-refractivity contribution in [1.82, 2.24) is 4.98 Å². The van der Waals surface area contributed by atoms with Crippen LogP contribution in [0.5, 0.6) is 17.2 Å². The van der Waals surface area contributed by atoms with E-state index in [1.54, 1.807) is 12.4 Å². The average Bonchev–Trinajstić information content (AvgIpc) is 3.19. The van der Waals surface area contributed by atoms with Gasteiger partial charge in [0, 0.05) is 42.6 Å². The van der Waals surface area contributed by atoms with Gasteiger partial charge in [-0.2, -0.15) is 0 Å². The number of fused-ring (bicyclic) bond motifs is 3. The Balaban J connectivity index is 1.25. The molecule has 0 saturated heterocycles. The summed E-state index contributed by atoms with van der Waals surface area (Å²) in [7, 11) is 0. The highest BCUT2D eigenvalue weighted by atomic mass is 16.5. The van der Waals surface area contributed by atoms with Crippen molar-refractivity contribution in [2.45, 2.75) is 31.8 Å². The molecule has 0 radical (unpaired) electrons. The first-order valence-electron chi connectivity index (χ1n) is 9.63. The van der Waals surface area contributed by atoms with E-state index in [0.717, 1.165) is 28.4 Å². The molecule has 0 unspecified atom stereocenters. The molecule has 28 heavy (non-hydrogen) atoms. The summed E-state index contributed by atoms with van der Waals surface area (Å²) >= 11 is 0. The third-order valence-corrected chi connectivity index (χ3v) is 5.53. The molecule has 2 heterocycles. The summed E-state index contributed by atoms with van der Waals surface area (Å²) in [5.74, 6) is 3.31. The van der Waals surface area contributed by atoms with Crippen LogP contribution in [0.4, 0.5) is 0 Å². The number of ether oxygens (including phenoxy) is 2. The summed E-state index contributed by atoms with van der Waals surface area (Å²) < 4.78 is 12.0. The van der Waals surface area contributed by atoms with Crippen molar-refractivity contribution in [3.8, 4) is 17.2 Å².